The van der Waals surface area contributed by atoms with Gasteiger partial charge < -0.3 is 5.11 Å². The maximum absolute atomic E-state index is 11.4. The summed E-state index contributed by atoms with van der Waals surface area (Å²) in [5.74, 6) is -1.19. The number of benzene rings is 1. The van der Waals surface area contributed by atoms with Crippen molar-refractivity contribution in [2.45, 2.75) is 32.1 Å². The molecule has 2 aromatic rings. The van der Waals surface area contributed by atoms with Gasteiger partial charge in [0.05, 0.1) is 23.5 Å². The molecule has 0 saturated carbocycles. The lowest BCUT2D eigenvalue weighted by atomic mass is 9.88. The van der Waals surface area contributed by atoms with Gasteiger partial charge in [-0.2, -0.15) is 5.10 Å². The highest BCUT2D eigenvalue weighted by Crippen LogP contribution is 2.33. The third-order valence-corrected chi connectivity index (χ3v) is 3.70. The predicted molar refractivity (Wildman–Crippen MR) is 71.6 cm³/mol. The molecule has 1 N–H and O–H groups in total. The molecule has 0 fully saturated rings. The Hall–Kier alpha value is -2.10. The number of hydrogen-bond donors (Lipinski definition) is 1. The lowest BCUT2D eigenvalue weighted by molar-refractivity contribution is -0.139. The molecule has 0 spiro atoms. The number of aliphatic carboxylic acids is 1. The summed E-state index contributed by atoms with van der Waals surface area (Å²) in [4.78, 5) is 11.4. The van der Waals surface area contributed by atoms with E-state index in [1.165, 1.54) is 0 Å². The topological polar surface area (TPSA) is 55.1 Å². The first kappa shape index (κ1) is 12.0. The molecule has 1 aliphatic rings. The number of carboxylic acid groups (broad SMARTS) is 1. The van der Waals surface area contributed by atoms with E-state index in [9.17, 15) is 9.90 Å². The molecule has 1 aromatic carbocycles. The molecule has 1 aromatic heterocycles. The van der Waals surface area contributed by atoms with Gasteiger partial charge in [0.15, 0.2) is 0 Å². The van der Waals surface area contributed by atoms with Gasteiger partial charge >= 0.3 is 5.97 Å². The lowest BCUT2D eigenvalue weighted by Crippen LogP contribution is -2.20. The molecule has 4 nitrogen and oxygen atoms in total. The molecule has 1 aliphatic carbocycles. The summed E-state index contributed by atoms with van der Waals surface area (Å²) in [6, 6.07) is 7.99. The third-order valence-electron chi connectivity index (χ3n) is 3.70. The summed E-state index contributed by atoms with van der Waals surface area (Å²) in [5.41, 5.74) is 4.00. The van der Waals surface area contributed by atoms with Crippen molar-refractivity contribution in [2.75, 3.05) is 0 Å². The van der Waals surface area contributed by atoms with Crippen LogP contribution in [0.1, 0.15) is 35.6 Å². The van der Waals surface area contributed by atoms with E-state index in [4.69, 9.17) is 0 Å². The van der Waals surface area contributed by atoms with Crippen molar-refractivity contribution < 1.29 is 9.90 Å². The summed E-state index contributed by atoms with van der Waals surface area (Å²) >= 11 is 0. The summed E-state index contributed by atoms with van der Waals surface area (Å²) in [7, 11) is 0. The number of carbonyl (C=O) groups is 1. The largest absolute Gasteiger partial charge is 0.481 e. The van der Waals surface area contributed by atoms with Gasteiger partial charge in [-0.05, 0) is 49.4 Å². The van der Waals surface area contributed by atoms with E-state index in [0.29, 0.717) is 6.42 Å². The van der Waals surface area contributed by atoms with Crippen LogP contribution >= 0.6 is 0 Å². The summed E-state index contributed by atoms with van der Waals surface area (Å²) in [6.07, 6.45) is 4.35. The second-order valence-corrected chi connectivity index (χ2v) is 5.09. The van der Waals surface area contributed by atoms with Crippen LogP contribution in [-0.2, 0) is 11.2 Å². The van der Waals surface area contributed by atoms with Crippen molar-refractivity contribution in [3.05, 3.63) is 47.3 Å². The molecular formula is C15H16N2O2. The van der Waals surface area contributed by atoms with Crippen molar-refractivity contribution in [3.63, 3.8) is 0 Å². The molecule has 0 saturated heterocycles. The van der Waals surface area contributed by atoms with Crippen LogP contribution in [0.25, 0.3) is 5.69 Å². The second-order valence-electron chi connectivity index (χ2n) is 5.09. The Balaban J connectivity index is 2.14. The maximum Gasteiger partial charge on any atom is 0.312 e. The molecule has 98 valence electrons. The highest BCUT2D eigenvalue weighted by Gasteiger charge is 2.30. The molecule has 0 amide bonds. The van der Waals surface area contributed by atoms with Gasteiger partial charge in [-0.15, -0.1) is 0 Å². The molecule has 0 bridgehead atoms. The van der Waals surface area contributed by atoms with Crippen molar-refractivity contribution in [1.82, 2.24) is 9.78 Å². The van der Waals surface area contributed by atoms with E-state index in [0.717, 1.165) is 35.3 Å². The minimum atomic E-state index is -0.754. The second kappa shape index (κ2) is 4.53. The summed E-state index contributed by atoms with van der Waals surface area (Å²) in [5, 5.41) is 13.8. The van der Waals surface area contributed by atoms with Gasteiger partial charge in [-0.3, -0.25) is 4.79 Å². The fourth-order valence-corrected chi connectivity index (χ4v) is 2.80. The zero-order valence-electron chi connectivity index (χ0n) is 10.8. The molecule has 0 aliphatic heterocycles. The van der Waals surface area contributed by atoms with Gasteiger partial charge in [0.2, 0.25) is 0 Å². The van der Waals surface area contributed by atoms with Crippen LogP contribution in [-0.4, -0.2) is 20.9 Å². The zero-order valence-corrected chi connectivity index (χ0v) is 10.8. The van der Waals surface area contributed by atoms with Crippen molar-refractivity contribution in [2.24, 2.45) is 0 Å². The van der Waals surface area contributed by atoms with Gasteiger partial charge in [-0.25, -0.2) is 4.68 Å². The Labute approximate surface area is 111 Å². The lowest BCUT2D eigenvalue weighted by Gasteiger charge is -2.21. The SMILES string of the molecule is Cc1cccc(-n2ncc3c2C(C(=O)O)CCC3)c1. The van der Waals surface area contributed by atoms with Crippen LogP contribution in [0.5, 0.6) is 0 Å². The molecule has 1 unspecified atom stereocenters. The Kier molecular flexibility index (Phi) is 2.85. The van der Waals surface area contributed by atoms with Crippen LogP contribution in [0.15, 0.2) is 30.5 Å². The third kappa shape index (κ3) is 2.03. The number of carboxylic acids is 1. The molecular weight excluding hydrogens is 240 g/mol. The first-order valence-corrected chi connectivity index (χ1v) is 6.53. The average molecular weight is 256 g/mol. The summed E-state index contributed by atoms with van der Waals surface area (Å²) in [6.45, 7) is 2.02. The molecule has 4 heteroatoms. The van der Waals surface area contributed by atoms with E-state index in [1.807, 2.05) is 37.4 Å². The molecule has 1 heterocycles. The Morgan fingerprint density at radius 1 is 1.47 bits per heavy atom. The first-order chi connectivity index (χ1) is 9.16. The van der Waals surface area contributed by atoms with Gasteiger partial charge in [0, 0.05) is 0 Å². The molecule has 3 rings (SSSR count). The summed E-state index contributed by atoms with van der Waals surface area (Å²) < 4.78 is 1.79. The number of rotatable bonds is 2. The highest BCUT2D eigenvalue weighted by atomic mass is 16.4. The van der Waals surface area contributed by atoms with Crippen molar-refractivity contribution >= 4 is 5.97 Å². The molecule has 0 radical (unpaired) electrons. The number of fused-ring (bicyclic) bond motifs is 1. The smallest absolute Gasteiger partial charge is 0.312 e. The number of hydrogen-bond acceptors (Lipinski definition) is 2. The highest BCUT2D eigenvalue weighted by molar-refractivity contribution is 5.76. The van der Waals surface area contributed by atoms with Gasteiger partial charge in [0.25, 0.3) is 0 Å². The standard InChI is InChI=1S/C15H16N2O2/c1-10-4-2-6-12(8-10)17-14-11(9-16-17)5-3-7-13(14)15(18)19/h2,4,6,8-9,13H,3,5,7H2,1H3,(H,18,19). The normalized spacial score (nSPS) is 18.1. The van der Waals surface area contributed by atoms with Gasteiger partial charge in [-0.1, -0.05) is 12.1 Å². The van der Waals surface area contributed by atoms with Crippen molar-refractivity contribution in [3.8, 4) is 5.69 Å². The van der Waals surface area contributed by atoms with Crippen LogP contribution in [0.2, 0.25) is 0 Å². The Bertz CT molecular complexity index is 631. The first-order valence-electron chi connectivity index (χ1n) is 6.53. The average Bonchev–Trinajstić information content (AvgIpc) is 2.82. The maximum atomic E-state index is 11.4. The van der Waals surface area contributed by atoms with Crippen LogP contribution in [0, 0.1) is 6.92 Å². The fraction of sp³-hybridized carbons (Fsp3) is 0.333. The van der Waals surface area contributed by atoms with Crippen LogP contribution in [0.4, 0.5) is 0 Å². The zero-order chi connectivity index (χ0) is 13.4. The van der Waals surface area contributed by atoms with Crippen molar-refractivity contribution in [1.29, 1.82) is 0 Å². The van der Waals surface area contributed by atoms with E-state index in [1.54, 1.807) is 4.68 Å². The minimum Gasteiger partial charge on any atom is -0.481 e. The van der Waals surface area contributed by atoms with Gasteiger partial charge in [0.1, 0.15) is 0 Å². The monoisotopic (exact) mass is 256 g/mol. The Morgan fingerprint density at radius 2 is 2.32 bits per heavy atom. The van der Waals surface area contributed by atoms with E-state index in [2.05, 4.69) is 5.10 Å². The molecule has 19 heavy (non-hydrogen) atoms. The fourth-order valence-electron chi connectivity index (χ4n) is 2.80. The number of nitrogens with zero attached hydrogens (tertiary/aromatic N) is 2. The number of aryl methyl sites for hydroxylation is 2. The van der Waals surface area contributed by atoms with E-state index in [-0.39, 0.29) is 0 Å². The minimum absolute atomic E-state index is 0.438. The quantitative estimate of drug-likeness (QED) is 0.898. The van der Waals surface area contributed by atoms with Crippen LogP contribution in [0.3, 0.4) is 0 Å². The Morgan fingerprint density at radius 3 is 3.05 bits per heavy atom. The van der Waals surface area contributed by atoms with E-state index >= 15 is 0 Å². The number of aromatic nitrogens is 2. The predicted octanol–water partition coefficient (Wildman–Crippen LogP) is 2.69. The van der Waals surface area contributed by atoms with E-state index < -0.39 is 11.9 Å². The van der Waals surface area contributed by atoms with Crippen LogP contribution < -0.4 is 0 Å². The molecule has 1 atom stereocenters.